The topological polar surface area (TPSA) is 35.5 Å². The number of allylic oxidation sites excluding steroid dienone is 1. The molecule has 0 atom stereocenters. The van der Waals surface area contributed by atoms with Gasteiger partial charge >= 0.3 is 5.97 Å². The second kappa shape index (κ2) is 13.1. The Hall–Kier alpha value is -3.08. The van der Waals surface area contributed by atoms with Crippen LogP contribution in [0.15, 0.2) is 84.9 Å². The van der Waals surface area contributed by atoms with Crippen molar-refractivity contribution in [2.75, 3.05) is 5.88 Å². The van der Waals surface area contributed by atoms with Gasteiger partial charge in [-0.25, -0.2) is 4.79 Å². The molecule has 0 saturated carbocycles. The number of rotatable bonds is 9. The van der Waals surface area contributed by atoms with Crippen molar-refractivity contribution in [2.45, 2.75) is 71.7 Å². The van der Waals surface area contributed by atoms with Crippen LogP contribution < -0.4 is 4.43 Å². The Morgan fingerprint density at radius 1 is 0.800 bits per heavy atom. The normalized spacial score (nSPS) is 13.2. The molecule has 40 heavy (non-hydrogen) atoms. The summed E-state index contributed by atoms with van der Waals surface area (Å²) < 4.78 is 11.9. The first-order valence-corrected chi connectivity index (χ1v) is 17.3. The Labute approximate surface area is 247 Å². The van der Waals surface area contributed by atoms with Crippen LogP contribution in [0.5, 0.6) is 5.75 Å². The standard InChI is InChI=1S/C35H43ClO3Si/c1-34(2,3)38-32(37)23-16-26-14-17-28(18-15-26)33(31(24-25-36)27-12-10-9-11-13-27)29-19-21-30(22-20-29)39-40(7,8)35(4,5)6/h9-23H,24-25H2,1-8H3. The molecule has 3 aromatic carbocycles. The quantitative estimate of drug-likeness (QED) is 0.0838. The van der Waals surface area contributed by atoms with Gasteiger partial charge in [0.1, 0.15) is 11.4 Å². The van der Waals surface area contributed by atoms with Crippen LogP contribution in [-0.4, -0.2) is 25.8 Å². The largest absolute Gasteiger partial charge is 0.544 e. The molecule has 0 bridgehead atoms. The second-order valence-electron chi connectivity index (χ2n) is 12.5. The minimum atomic E-state index is -1.95. The van der Waals surface area contributed by atoms with Crippen LogP contribution in [0.1, 0.15) is 70.2 Å². The minimum Gasteiger partial charge on any atom is -0.544 e. The van der Waals surface area contributed by atoms with Gasteiger partial charge in [-0.1, -0.05) is 87.5 Å². The van der Waals surface area contributed by atoms with Gasteiger partial charge in [-0.3, -0.25) is 0 Å². The molecule has 0 heterocycles. The zero-order chi connectivity index (χ0) is 29.6. The van der Waals surface area contributed by atoms with Gasteiger partial charge in [-0.2, -0.15) is 0 Å². The molecule has 3 aromatic rings. The summed E-state index contributed by atoms with van der Waals surface area (Å²) in [7, 11) is -1.95. The lowest BCUT2D eigenvalue weighted by Gasteiger charge is -2.36. The highest BCUT2D eigenvalue weighted by Gasteiger charge is 2.39. The summed E-state index contributed by atoms with van der Waals surface area (Å²) in [5.41, 5.74) is 6.05. The maximum absolute atomic E-state index is 12.1. The number of esters is 1. The van der Waals surface area contributed by atoms with E-state index in [1.807, 2.05) is 39.0 Å². The molecule has 212 valence electrons. The maximum Gasteiger partial charge on any atom is 0.331 e. The molecule has 0 spiro atoms. The fourth-order valence-corrected chi connectivity index (χ4v) is 5.28. The smallest absolute Gasteiger partial charge is 0.331 e. The SMILES string of the molecule is CC(C)(C)OC(=O)C=Cc1ccc(C(=C(CCCl)c2ccccc2)c2ccc(O[Si](C)(C)C(C)(C)C)cc2)cc1. The van der Waals surface area contributed by atoms with Crippen molar-refractivity contribution in [3.05, 3.63) is 107 Å². The lowest BCUT2D eigenvalue weighted by atomic mass is 9.88. The van der Waals surface area contributed by atoms with E-state index < -0.39 is 13.9 Å². The summed E-state index contributed by atoms with van der Waals surface area (Å²) >= 11 is 6.35. The first kappa shape index (κ1) is 31.4. The summed E-state index contributed by atoms with van der Waals surface area (Å²) in [6.45, 7) is 16.9. The highest BCUT2D eigenvalue weighted by molar-refractivity contribution is 6.74. The number of alkyl halides is 1. The van der Waals surface area contributed by atoms with Crippen LogP contribution in [0.25, 0.3) is 17.2 Å². The Balaban J connectivity index is 2.04. The van der Waals surface area contributed by atoms with Crippen LogP contribution in [0.2, 0.25) is 18.1 Å². The number of carbonyl (C=O) groups is 1. The number of carbonyl (C=O) groups excluding carboxylic acids is 1. The van der Waals surface area contributed by atoms with Crippen LogP contribution in [0, 0.1) is 0 Å². The van der Waals surface area contributed by atoms with Crippen LogP contribution in [0.3, 0.4) is 0 Å². The van der Waals surface area contributed by atoms with Gasteiger partial charge in [0, 0.05) is 12.0 Å². The predicted octanol–water partition coefficient (Wildman–Crippen LogP) is 10.0. The van der Waals surface area contributed by atoms with E-state index in [0.717, 1.165) is 40.0 Å². The average molecular weight is 575 g/mol. The molecule has 0 aliphatic carbocycles. The summed E-state index contributed by atoms with van der Waals surface area (Å²) in [6.07, 6.45) is 3.98. The first-order valence-electron chi connectivity index (χ1n) is 13.9. The highest BCUT2D eigenvalue weighted by Crippen LogP contribution is 2.39. The lowest BCUT2D eigenvalue weighted by molar-refractivity contribution is -0.148. The summed E-state index contributed by atoms with van der Waals surface area (Å²) in [5.74, 6) is 1.05. The molecule has 0 aromatic heterocycles. The molecule has 0 radical (unpaired) electrons. The molecule has 0 unspecified atom stereocenters. The average Bonchev–Trinajstić information content (AvgIpc) is 2.87. The monoisotopic (exact) mass is 574 g/mol. The minimum absolute atomic E-state index is 0.122. The summed E-state index contributed by atoms with van der Waals surface area (Å²) in [5, 5.41) is 0.122. The molecule has 0 saturated heterocycles. The third-order valence-electron chi connectivity index (χ3n) is 7.11. The fourth-order valence-electron chi connectivity index (χ4n) is 4.06. The first-order chi connectivity index (χ1) is 18.7. The van der Waals surface area contributed by atoms with E-state index in [4.69, 9.17) is 20.8 Å². The van der Waals surface area contributed by atoms with E-state index >= 15 is 0 Å². The molecule has 3 rings (SSSR count). The number of hydrogen-bond acceptors (Lipinski definition) is 3. The van der Waals surface area contributed by atoms with Crippen LogP contribution in [-0.2, 0) is 9.53 Å². The van der Waals surface area contributed by atoms with Crippen molar-refractivity contribution < 1.29 is 14.0 Å². The number of hydrogen-bond donors (Lipinski definition) is 0. The predicted molar refractivity (Wildman–Crippen MR) is 173 cm³/mol. The highest BCUT2D eigenvalue weighted by atomic mass is 35.5. The van der Waals surface area contributed by atoms with Gasteiger partial charge in [0.05, 0.1) is 0 Å². The molecule has 0 aliphatic heterocycles. The molecular formula is C35H43ClO3Si. The molecule has 0 N–H and O–H groups in total. The Kier molecular flexibility index (Phi) is 10.3. The third-order valence-corrected chi connectivity index (χ3v) is 11.7. The van der Waals surface area contributed by atoms with E-state index in [1.54, 1.807) is 6.08 Å². The summed E-state index contributed by atoms with van der Waals surface area (Å²) in [4.78, 5) is 12.1. The van der Waals surface area contributed by atoms with Crippen molar-refractivity contribution in [2.24, 2.45) is 0 Å². The van der Waals surface area contributed by atoms with Crippen molar-refractivity contribution >= 4 is 43.1 Å². The van der Waals surface area contributed by atoms with Crippen molar-refractivity contribution in [3.8, 4) is 5.75 Å². The number of benzene rings is 3. The van der Waals surface area contributed by atoms with Gasteiger partial charge in [-0.15, -0.1) is 11.6 Å². The fraction of sp³-hybridized carbons (Fsp3) is 0.343. The van der Waals surface area contributed by atoms with Crippen LogP contribution in [0.4, 0.5) is 0 Å². The van der Waals surface area contributed by atoms with E-state index in [0.29, 0.717) is 5.88 Å². The Bertz CT molecular complexity index is 1320. The number of halogens is 1. The van der Waals surface area contributed by atoms with Gasteiger partial charge in [0.15, 0.2) is 0 Å². The van der Waals surface area contributed by atoms with E-state index in [9.17, 15) is 4.79 Å². The van der Waals surface area contributed by atoms with E-state index in [-0.39, 0.29) is 11.0 Å². The van der Waals surface area contributed by atoms with Crippen molar-refractivity contribution in [3.63, 3.8) is 0 Å². The molecule has 3 nitrogen and oxygen atoms in total. The third kappa shape index (κ3) is 8.71. The zero-order valence-corrected chi connectivity index (χ0v) is 26.9. The molecule has 0 aliphatic rings. The van der Waals surface area contributed by atoms with Crippen LogP contribution >= 0.6 is 11.6 Å². The molecule has 0 fully saturated rings. The van der Waals surface area contributed by atoms with Gasteiger partial charge in [-0.05, 0) is 96.9 Å². The van der Waals surface area contributed by atoms with Crippen molar-refractivity contribution in [1.82, 2.24) is 0 Å². The number of ether oxygens (including phenoxy) is 1. The Morgan fingerprint density at radius 3 is 1.85 bits per heavy atom. The van der Waals surface area contributed by atoms with Gasteiger partial charge < -0.3 is 9.16 Å². The Morgan fingerprint density at radius 2 is 1.35 bits per heavy atom. The molecule has 5 heteroatoms. The maximum atomic E-state index is 12.1. The van der Waals surface area contributed by atoms with Gasteiger partial charge in [0.2, 0.25) is 8.32 Å². The lowest BCUT2D eigenvalue weighted by Crippen LogP contribution is -2.43. The zero-order valence-electron chi connectivity index (χ0n) is 25.2. The molecular weight excluding hydrogens is 532 g/mol. The summed E-state index contributed by atoms with van der Waals surface area (Å²) in [6, 6.07) is 27.1. The molecule has 0 amide bonds. The van der Waals surface area contributed by atoms with Gasteiger partial charge in [0.25, 0.3) is 0 Å². The van der Waals surface area contributed by atoms with E-state index in [2.05, 4.69) is 94.5 Å². The second-order valence-corrected chi connectivity index (χ2v) is 17.6. The van der Waals surface area contributed by atoms with Crippen molar-refractivity contribution in [1.29, 1.82) is 0 Å². The van der Waals surface area contributed by atoms with E-state index in [1.165, 1.54) is 11.6 Å².